The summed E-state index contributed by atoms with van der Waals surface area (Å²) in [5, 5.41) is 2.96. The molecule has 3 aliphatic rings. The number of piperidine rings is 1. The number of hydrogen-bond donors (Lipinski definition) is 1. The molecular formula is C35H52N6O3. The Morgan fingerprint density at radius 2 is 1.41 bits per heavy atom. The molecule has 3 saturated heterocycles. The highest BCUT2D eigenvalue weighted by atomic mass is 16.6. The Balaban J connectivity index is 0.944. The second-order valence-corrected chi connectivity index (χ2v) is 12.4. The quantitative estimate of drug-likeness (QED) is 0.316. The van der Waals surface area contributed by atoms with E-state index in [1.165, 1.54) is 19.5 Å². The Hall–Kier alpha value is -3.14. The van der Waals surface area contributed by atoms with Crippen molar-refractivity contribution in [2.24, 2.45) is 0 Å². The van der Waals surface area contributed by atoms with Crippen LogP contribution in [-0.4, -0.2) is 127 Å². The lowest BCUT2D eigenvalue weighted by atomic mass is 10.0. The summed E-state index contributed by atoms with van der Waals surface area (Å²) in [5.41, 5.74) is 2.79. The zero-order chi connectivity index (χ0) is 30.7. The Morgan fingerprint density at radius 1 is 0.795 bits per heavy atom. The van der Waals surface area contributed by atoms with Crippen molar-refractivity contribution in [3.8, 4) is 11.1 Å². The van der Waals surface area contributed by atoms with Crippen molar-refractivity contribution in [2.75, 3.05) is 83.9 Å². The van der Waals surface area contributed by atoms with Gasteiger partial charge in [-0.2, -0.15) is 0 Å². The van der Waals surface area contributed by atoms with Gasteiger partial charge in [0.05, 0.1) is 5.69 Å². The van der Waals surface area contributed by atoms with Gasteiger partial charge in [0.1, 0.15) is 6.10 Å². The van der Waals surface area contributed by atoms with Crippen molar-refractivity contribution in [1.82, 2.24) is 24.5 Å². The summed E-state index contributed by atoms with van der Waals surface area (Å²) < 4.78 is 5.80. The van der Waals surface area contributed by atoms with E-state index in [2.05, 4.69) is 33.9 Å². The molecule has 0 spiro atoms. The number of para-hydroxylation sites is 1. The maximum absolute atomic E-state index is 13.0. The fourth-order valence-corrected chi connectivity index (χ4v) is 7.07. The number of anilines is 1. The van der Waals surface area contributed by atoms with Crippen LogP contribution in [0.3, 0.4) is 0 Å². The van der Waals surface area contributed by atoms with Crippen LogP contribution in [-0.2, 0) is 4.74 Å². The molecule has 0 aliphatic carbocycles. The SMILES string of the molecule is CCN(CC)C1CCN(CCCN2CCN(CCCN3CCC(OC(=O)Nc4ccccc4-c4ccccc4)CC3)C2=O)C1. The number of ether oxygens (including phenoxy) is 1. The molecule has 2 aromatic rings. The minimum absolute atomic E-state index is 0.0764. The van der Waals surface area contributed by atoms with E-state index in [1.807, 2.05) is 64.4 Å². The zero-order valence-corrected chi connectivity index (χ0v) is 26.8. The molecule has 3 amide bonds. The number of carbonyl (C=O) groups is 2. The van der Waals surface area contributed by atoms with Gasteiger partial charge in [0.2, 0.25) is 0 Å². The average molecular weight is 605 g/mol. The molecule has 1 N–H and O–H groups in total. The van der Waals surface area contributed by atoms with Crippen LogP contribution in [0.15, 0.2) is 54.6 Å². The molecular weight excluding hydrogens is 552 g/mol. The first-order valence-corrected chi connectivity index (χ1v) is 16.9. The molecule has 0 radical (unpaired) electrons. The van der Waals surface area contributed by atoms with E-state index in [1.54, 1.807) is 0 Å². The van der Waals surface area contributed by atoms with Crippen molar-refractivity contribution >= 4 is 17.8 Å². The smallest absolute Gasteiger partial charge is 0.411 e. The monoisotopic (exact) mass is 604 g/mol. The maximum atomic E-state index is 13.0. The van der Waals surface area contributed by atoms with Gasteiger partial charge < -0.3 is 24.3 Å². The van der Waals surface area contributed by atoms with Crippen LogP contribution in [0, 0.1) is 0 Å². The van der Waals surface area contributed by atoms with Gasteiger partial charge in [0.25, 0.3) is 0 Å². The maximum Gasteiger partial charge on any atom is 0.411 e. The minimum atomic E-state index is -0.395. The summed E-state index contributed by atoms with van der Waals surface area (Å²) in [6.07, 6.45) is 4.48. The van der Waals surface area contributed by atoms with Crippen LogP contribution in [0.5, 0.6) is 0 Å². The number of urea groups is 1. The van der Waals surface area contributed by atoms with Crippen molar-refractivity contribution in [3.63, 3.8) is 0 Å². The van der Waals surface area contributed by atoms with Crippen molar-refractivity contribution in [1.29, 1.82) is 0 Å². The highest BCUT2D eigenvalue weighted by Gasteiger charge is 2.30. The van der Waals surface area contributed by atoms with Crippen LogP contribution in [0.4, 0.5) is 15.3 Å². The van der Waals surface area contributed by atoms with E-state index < -0.39 is 6.09 Å². The molecule has 3 heterocycles. The summed E-state index contributed by atoms with van der Waals surface area (Å²) in [6.45, 7) is 16.3. The first kappa shape index (κ1) is 32.3. The first-order valence-electron chi connectivity index (χ1n) is 16.9. The molecule has 1 atom stereocenters. The Labute approximate surface area is 264 Å². The van der Waals surface area contributed by atoms with E-state index in [0.717, 1.165) is 108 Å². The molecule has 1 unspecified atom stereocenters. The second kappa shape index (κ2) is 16.3. The summed E-state index contributed by atoms with van der Waals surface area (Å²) in [4.78, 5) is 37.4. The van der Waals surface area contributed by atoms with Gasteiger partial charge in [-0.3, -0.25) is 10.2 Å². The Morgan fingerprint density at radius 3 is 2.09 bits per heavy atom. The van der Waals surface area contributed by atoms with E-state index in [4.69, 9.17) is 4.74 Å². The number of rotatable bonds is 14. The fraction of sp³-hybridized carbons (Fsp3) is 0.600. The summed E-state index contributed by atoms with van der Waals surface area (Å²) in [6, 6.07) is 18.8. The predicted molar refractivity (Wildman–Crippen MR) is 177 cm³/mol. The number of amides is 3. The normalized spacial score (nSPS) is 20.2. The van der Waals surface area contributed by atoms with Gasteiger partial charge in [0, 0.05) is 57.4 Å². The number of nitrogens with one attached hydrogen (secondary N) is 1. The highest BCUT2D eigenvalue weighted by Crippen LogP contribution is 2.28. The van der Waals surface area contributed by atoms with Crippen LogP contribution in [0.2, 0.25) is 0 Å². The molecule has 5 rings (SSSR count). The number of benzene rings is 2. The largest absolute Gasteiger partial charge is 0.446 e. The Kier molecular flexibility index (Phi) is 11.9. The third-order valence-electron chi connectivity index (χ3n) is 9.62. The van der Waals surface area contributed by atoms with E-state index >= 15 is 0 Å². The van der Waals surface area contributed by atoms with Gasteiger partial charge in [-0.05, 0) is 76.5 Å². The summed E-state index contributed by atoms with van der Waals surface area (Å²) in [7, 11) is 0. The van der Waals surface area contributed by atoms with Crippen molar-refractivity contribution in [2.45, 2.75) is 58.1 Å². The van der Waals surface area contributed by atoms with E-state index in [-0.39, 0.29) is 12.1 Å². The lowest BCUT2D eigenvalue weighted by molar-refractivity contribution is 0.0581. The lowest BCUT2D eigenvalue weighted by Gasteiger charge is -2.32. The van der Waals surface area contributed by atoms with Gasteiger partial charge in [-0.15, -0.1) is 0 Å². The molecule has 9 nitrogen and oxygen atoms in total. The third kappa shape index (κ3) is 8.73. The fourth-order valence-electron chi connectivity index (χ4n) is 7.07. The molecule has 9 heteroatoms. The van der Waals surface area contributed by atoms with Gasteiger partial charge in [-0.1, -0.05) is 62.4 Å². The number of hydrogen-bond acceptors (Lipinski definition) is 6. The predicted octanol–water partition coefficient (Wildman–Crippen LogP) is 5.30. The molecule has 0 bridgehead atoms. The molecule has 0 saturated carbocycles. The third-order valence-corrected chi connectivity index (χ3v) is 9.62. The van der Waals surface area contributed by atoms with Crippen LogP contribution >= 0.6 is 0 Å². The number of likely N-dealkylation sites (tertiary alicyclic amines) is 2. The topological polar surface area (TPSA) is 71.6 Å². The highest BCUT2D eigenvalue weighted by molar-refractivity contribution is 5.91. The van der Waals surface area contributed by atoms with Crippen LogP contribution in [0.25, 0.3) is 11.1 Å². The summed E-state index contributed by atoms with van der Waals surface area (Å²) in [5.74, 6) is 0. The van der Waals surface area contributed by atoms with Crippen molar-refractivity contribution in [3.05, 3.63) is 54.6 Å². The number of nitrogens with zero attached hydrogens (tertiary/aromatic N) is 5. The second-order valence-electron chi connectivity index (χ2n) is 12.4. The number of carbonyl (C=O) groups excluding carboxylic acids is 2. The van der Waals surface area contributed by atoms with E-state index in [9.17, 15) is 9.59 Å². The van der Waals surface area contributed by atoms with Crippen LogP contribution < -0.4 is 5.32 Å². The number of likely N-dealkylation sites (N-methyl/N-ethyl adjacent to an activating group) is 1. The molecule has 2 aromatic carbocycles. The zero-order valence-electron chi connectivity index (χ0n) is 26.8. The first-order chi connectivity index (χ1) is 21.5. The molecule has 3 aliphatic heterocycles. The van der Waals surface area contributed by atoms with Gasteiger partial charge >= 0.3 is 12.1 Å². The lowest BCUT2D eigenvalue weighted by Crippen LogP contribution is -2.40. The van der Waals surface area contributed by atoms with Gasteiger partial charge in [0.15, 0.2) is 0 Å². The molecule has 240 valence electrons. The van der Waals surface area contributed by atoms with E-state index in [0.29, 0.717) is 6.04 Å². The average Bonchev–Trinajstić information content (AvgIpc) is 3.66. The molecule has 0 aromatic heterocycles. The molecule has 3 fully saturated rings. The Bertz CT molecular complexity index is 1180. The van der Waals surface area contributed by atoms with Gasteiger partial charge in [-0.25, -0.2) is 9.59 Å². The summed E-state index contributed by atoms with van der Waals surface area (Å²) >= 11 is 0. The standard InChI is InChI=1S/C35H52N6O3/c1-3-39(4-2)30-16-23-38(28-30)20-11-22-41-27-26-40(35(41)43)21-10-19-37-24-17-31(18-25-37)44-34(42)36-33-15-9-8-14-32(33)29-12-6-5-7-13-29/h5-9,12-15,30-31H,3-4,10-11,16-28H2,1-2H3,(H,36,42). The van der Waals surface area contributed by atoms with Crippen LogP contribution in [0.1, 0.15) is 46.0 Å². The molecule has 44 heavy (non-hydrogen) atoms. The van der Waals surface area contributed by atoms with Crippen molar-refractivity contribution < 1.29 is 14.3 Å². The minimum Gasteiger partial charge on any atom is -0.446 e.